The van der Waals surface area contributed by atoms with E-state index >= 15 is 0 Å². The van der Waals surface area contributed by atoms with Crippen LogP contribution in [0, 0.1) is 0 Å². The molecular weight excluding hydrogens is 354 g/mol. The maximum Gasteiger partial charge on any atom is 0.335 e. The molecule has 2 heterocycles. The van der Waals surface area contributed by atoms with Crippen LogP contribution in [0.3, 0.4) is 0 Å². The molecule has 2 aromatic heterocycles. The highest BCUT2D eigenvalue weighted by atomic mass is 79.9. The number of hydrogen-bond acceptors (Lipinski definition) is 5. The molecule has 0 amide bonds. The summed E-state index contributed by atoms with van der Waals surface area (Å²) in [5.41, 5.74) is 0.828. The highest BCUT2D eigenvalue weighted by Crippen LogP contribution is 2.24. The molecule has 2 N–H and O–H groups in total. The molecule has 106 valence electrons. The minimum absolute atomic E-state index is 0.217. The standard InChI is InChI=1S/C14H10BrN3O2S/c15-12-4-2-9(21-12)6-16-13-10-3-1-8(14(19)20)5-11(10)17-7-18-13/h1-5,7H,6H2,(H,19,20)(H,16,17,18). The quantitative estimate of drug-likeness (QED) is 0.737. The number of nitrogens with zero attached hydrogens (tertiary/aromatic N) is 2. The fourth-order valence-electron chi connectivity index (χ4n) is 1.95. The van der Waals surface area contributed by atoms with Gasteiger partial charge in [0.1, 0.15) is 12.1 Å². The number of rotatable bonds is 4. The van der Waals surface area contributed by atoms with Crippen LogP contribution in [-0.2, 0) is 6.54 Å². The fourth-order valence-corrected chi connectivity index (χ4v) is 3.37. The first-order valence-corrected chi connectivity index (χ1v) is 7.70. The van der Waals surface area contributed by atoms with Gasteiger partial charge in [0.05, 0.1) is 21.4 Å². The van der Waals surface area contributed by atoms with Crippen LogP contribution in [0.5, 0.6) is 0 Å². The topological polar surface area (TPSA) is 75.1 Å². The van der Waals surface area contributed by atoms with E-state index in [-0.39, 0.29) is 5.56 Å². The molecule has 0 unspecified atom stereocenters. The summed E-state index contributed by atoms with van der Waals surface area (Å²) in [5, 5.41) is 13.1. The number of anilines is 1. The van der Waals surface area contributed by atoms with Crippen LogP contribution >= 0.6 is 27.3 Å². The van der Waals surface area contributed by atoms with Crippen LogP contribution in [0.1, 0.15) is 15.2 Å². The number of aromatic carboxylic acids is 1. The van der Waals surface area contributed by atoms with Gasteiger partial charge in [0.25, 0.3) is 0 Å². The van der Waals surface area contributed by atoms with E-state index in [9.17, 15) is 4.79 Å². The number of thiophene rings is 1. The van der Waals surface area contributed by atoms with Crippen LogP contribution in [-0.4, -0.2) is 21.0 Å². The maximum atomic E-state index is 11.0. The van der Waals surface area contributed by atoms with Crippen molar-refractivity contribution in [2.45, 2.75) is 6.54 Å². The molecule has 0 fully saturated rings. The van der Waals surface area contributed by atoms with E-state index in [1.807, 2.05) is 12.1 Å². The van der Waals surface area contributed by atoms with Crippen molar-refractivity contribution in [1.29, 1.82) is 0 Å². The zero-order valence-corrected chi connectivity index (χ0v) is 13.1. The molecule has 21 heavy (non-hydrogen) atoms. The highest BCUT2D eigenvalue weighted by molar-refractivity contribution is 9.11. The molecule has 0 radical (unpaired) electrons. The Kier molecular flexibility index (Phi) is 3.85. The van der Waals surface area contributed by atoms with Gasteiger partial charge in [-0.15, -0.1) is 11.3 Å². The summed E-state index contributed by atoms with van der Waals surface area (Å²) < 4.78 is 1.08. The van der Waals surface area contributed by atoms with Gasteiger partial charge < -0.3 is 10.4 Å². The van der Waals surface area contributed by atoms with Crippen molar-refractivity contribution in [2.24, 2.45) is 0 Å². The molecule has 0 aliphatic carbocycles. The summed E-state index contributed by atoms with van der Waals surface area (Å²) in [6.45, 7) is 0.656. The molecule has 0 bridgehead atoms. The molecule has 3 aromatic rings. The molecule has 1 aromatic carbocycles. The molecule has 0 spiro atoms. The number of carboxylic acid groups (broad SMARTS) is 1. The Bertz CT molecular complexity index is 819. The number of fused-ring (bicyclic) bond motifs is 1. The van der Waals surface area contributed by atoms with Gasteiger partial charge in [-0.1, -0.05) is 0 Å². The summed E-state index contributed by atoms with van der Waals surface area (Å²) in [5.74, 6) is -0.269. The van der Waals surface area contributed by atoms with Crippen molar-refractivity contribution in [3.05, 3.63) is 50.9 Å². The number of aromatic nitrogens is 2. The van der Waals surface area contributed by atoms with E-state index in [2.05, 4.69) is 31.2 Å². The predicted octanol–water partition coefficient (Wildman–Crippen LogP) is 3.76. The lowest BCUT2D eigenvalue weighted by Crippen LogP contribution is -2.02. The molecule has 0 saturated heterocycles. The number of carbonyl (C=O) groups is 1. The summed E-state index contributed by atoms with van der Waals surface area (Å²) in [6.07, 6.45) is 1.43. The van der Waals surface area contributed by atoms with Gasteiger partial charge in [0.15, 0.2) is 0 Å². The average molecular weight is 364 g/mol. The molecule has 7 heteroatoms. The van der Waals surface area contributed by atoms with Crippen molar-refractivity contribution < 1.29 is 9.90 Å². The predicted molar refractivity (Wildman–Crippen MR) is 85.8 cm³/mol. The van der Waals surface area contributed by atoms with Gasteiger partial charge in [0, 0.05) is 10.3 Å². The lowest BCUT2D eigenvalue weighted by atomic mass is 10.1. The minimum Gasteiger partial charge on any atom is -0.478 e. The summed E-state index contributed by atoms with van der Waals surface area (Å²) in [7, 11) is 0. The second-order valence-corrected chi connectivity index (χ2v) is 6.87. The summed E-state index contributed by atoms with van der Waals surface area (Å²) in [6, 6.07) is 8.87. The van der Waals surface area contributed by atoms with Crippen LogP contribution < -0.4 is 5.32 Å². The Morgan fingerprint density at radius 3 is 2.86 bits per heavy atom. The van der Waals surface area contributed by atoms with Crippen molar-refractivity contribution >= 4 is 50.0 Å². The minimum atomic E-state index is -0.964. The van der Waals surface area contributed by atoms with Gasteiger partial charge in [-0.2, -0.15) is 0 Å². The van der Waals surface area contributed by atoms with Gasteiger partial charge in [-0.05, 0) is 46.3 Å². The van der Waals surface area contributed by atoms with Gasteiger partial charge in [0.2, 0.25) is 0 Å². The van der Waals surface area contributed by atoms with E-state index in [0.717, 1.165) is 9.17 Å². The first-order chi connectivity index (χ1) is 10.1. The Morgan fingerprint density at radius 2 is 2.14 bits per heavy atom. The number of hydrogen-bond donors (Lipinski definition) is 2. The molecule has 5 nitrogen and oxygen atoms in total. The molecular formula is C14H10BrN3O2S. The largest absolute Gasteiger partial charge is 0.478 e. The Hall–Kier alpha value is -1.99. The third-order valence-electron chi connectivity index (χ3n) is 2.94. The first kappa shape index (κ1) is 14.0. The monoisotopic (exact) mass is 363 g/mol. The van der Waals surface area contributed by atoms with E-state index in [4.69, 9.17) is 5.11 Å². The van der Waals surface area contributed by atoms with Gasteiger partial charge >= 0.3 is 5.97 Å². The lowest BCUT2D eigenvalue weighted by molar-refractivity contribution is 0.0697. The third-order valence-corrected chi connectivity index (χ3v) is 4.57. The second kappa shape index (κ2) is 5.79. The Labute approximate surface area is 132 Å². The highest BCUT2D eigenvalue weighted by Gasteiger charge is 2.08. The third kappa shape index (κ3) is 3.03. The zero-order chi connectivity index (χ0) is 14.8. The molecule has 0 atom stereocenters. The van der Waals surface area contributed by atoms with Crippen LogP contribution in [0.15, 0.2) is 40.4 Å². The number of halogens is 1. The maximum absolute atomic E-state index is 11.0. The Balaban J connectivity index is 1.90. The van der Waals surface area contributed by atoms with Crippen molar-refractivity contribution in [1.82, 2.24) is 9.97 Å². The van der Waals surface area contributed by atoms with E-state index < -0.39 is 5.97 Å². The smallest absolute Gasteiger partial charge is 0.335 e. The van der Waals surface area contributed by atoms with Crippen molar-refractivity contribution in [2.75, 3.05) is 5.32 Å². The molecule has 0 saturated carbocycles. The fraction of sp³-hybridized carbons (Fsp3) is 0.0714. The van der Waals surface area contributed by atoms with E-state index in [1.165, 1.54) is 11.2 Å². The van der Waals surface area contributed by atoms with Crippen molar-refractivity contribution in [3.8, 4) is 0 Å². The zero-order valence-electron chi connectivity index (χ0n) is 10.7. The summed E-state index contributed by atoms with van der Waals surface area (Å²) >= 11 is 5.08. The SMILES string of the molecule is O=C(O)c1ccc2c(NCc3ccc(Br)s3)ncnc2c1. The van der Waals surface area contributed by atoms with Crippen LogP contribution in [0.2, 0.25) is 0 Å². The van der Waals surface area contributed by atoms with Crippen LogP contribution in [0.25, 0.3) is 10.9 Å². The number of carboxylic acids is 1. The molecule has 0 aliphatic rings. The molecule has 3 rings (SSSR count). The van der Waals surface area contributed by atoms with Crippen LogP contribution in [0.4, 0.5) is 5.82 Å². The van der Waals surface area contributed by atoms with Gasteiger partial charge in [-0.3, -0.25) is 0 Å². The van der Waals surface area contributed by atoms with Crippen molar-refractivity contribution in [3.63, 3.8) is 0 Å². The lowest BCUT2D eigenvalue weighted by Gasteiger charge is -2.07. The summed E-state index contributed by atoms with van der Waals surface area (Å²) in [4.78, 5) is 20.5. The van der Waals surface area contributed by atoms with E-state index in [0.29, 0.717) is 17.9 Å². The number of nitrogens with one attached hydrogen (secondary N) is 1. The average Bonchev–Trinajstić information content (AvgIpc) is 2.90. The Morgan fingerprint density at radius 1 is 1.29 bits per heavy atom. The first-order valence-electron chi connectivity index (χ1n) is 6.09. The van der Waals surface area contributed by atoms with Gasteiger partial charge in [-0.25, -0.2) is 14.8 Å². The molecule has 0 aliphatic heterocycles. The second-order valence-electron chi connectivity index (χ2n) is 4.32. The van der Waals surface area contributed by atoms with E-state index in [1.54, 1.807) is 29.5 Å². The normalized spacial score (nSPS) is 10.7. The number of benzene rings is 1.